The topological polar surface area (TPSA) is 73.9 Å². The van der Waals surface area contributed by atoms with E-state index in [0.717, 1.165) is 5.56 Å². The molecule has 0 atom stereocenters. The first kappa shape index (κ1) is 19.1. The Bertz CT molecular complexity index is 814. The van der Waals surface area contributed by atoms with Crippen LogP contribution in [0.1, 0.15) is 11.1 Å². The average molecular weight is 355 g/mol. The number of benzene rings is 2. The molecule has 0 aliphatic rings. The van der Waals surface area contributed by atoms with Gasteiger partial charge in [0.1, 0.15) is 0 Å². The molecule has 0 saturated heterocycles. The van der Waals surface area contributed by atoms with Crippen molar-refractivity contribution < 1.29 is 23.8 Å². The Morgan fingerprint density at radius 1 is 1.04 bits per heavy atom. The minimum Gasteiger partial charge on any atom is -0.493 e. The second kappa shape index (κ2) is 9.27. The van der Waals surface area contributed by atoms with Crippen molar-refractivity contribution in [3.8, 4) is 11.5 Å². The Labute approximate surface area is 152 Å². The van der Waals surface area contributed by atoms with Gasteiger partial charge in [-0.2, -0.15) is 0 Å². The second-order valence-corrected chi connectivity index (χ2v) is 5.39. The SMILES string of the molecule is COc1cccc(/C=C/C(=O)OCC(=O)Nc2ccccc2C)c1OC. The van der Waals surface area contributed by atoms with Crippen molar-refractivity contribution in [1.82, 2.24) is 0 Å². The van der Waals surface area contributed by atoms with Crippen LogP contribution in [-0.2, 0) is 14.3 Å². The maximum absolute atomic E-state index is 11.9. The highest BCUT2D eigenvalue weighted by atomic mass is 16.5. The fraction of sp³-hybridized carbons (Fsp3) is 0.200. The van der Waals surface area contributed by atoms with Crippen molar-refractivity contribution >= 4 is 23.6 Å². The minimum atomic E-state index is -0.630. The lowest BCUT2D eigenvalue weighted by atomic mass is 10.1. The largest absolute Gasteiger partial charge is 0.493 e. The summed E-state index contributed by atoms with van der Waals surface area (Å²) in [6.07, 6.45) is 2.78. The molecule has 0 saturated carbocycles. The number of nitrogens with one attached hydrogen (secondary N) is 1. The van der Waals surface area contributed by atoms with Crippen LogP contribution < -0.4 is 14.8 Å². The standard InChI is InChI=1S/C20H21NO5/c1-14-7-4-5-9-16(14)21-18(22)13-26-19(23)12-11-15-8-6-10-17(24-2)20(15)25-3/h4-12H,13H2,1-3H3,(H,21,22)/b12-11+. The highest BCUT2D eigenvalue weighted by Crippen LogP contribution is 2.31. The van der Waals surface area contributed by atoms with Crippen LogP contribution in [-0.4, -0.2) is 32.7 Å². The summed E-state index contributed by atoms with van der Waals surface area (Å²) >= 11 is 0. The molecule has 0 spiro atoms. The Morgan fingerprint density at radius 2 is 1.81 bits per heavy atom. The number of amides is 1. The summed E-state index contributed by atoms with van der Waals surface area (Å²) in [5, 5.41) is 2.70. The molecule has 0 heterocycles. The summed E-state index contributed by atoms with van der Waals surface area (Å²) in [6, 6.07) is 12.7. The van der Waals surface area contributed by atoms with Gasteiger partial charge in [-0.3, -0.25) is 4.79 Å². The van der Waals surface area contributed by atoms with Crippen LogP contribution in [0.25, 0.3) is 6.08 Å². The van der Waals surface area contributed by atoms with E-state index in [-0.39, 0.29) is 6.61 Å². The number of methoxy groups -OCH3 is 2. The fourth-order valence-electron chi connectivity index (χ4n) is 2.29. The van der Waals surface area contributed by atoms with Gasteiger partial charge in [-0.15, -0.1) is 0 Å². The normalized spacial score (nSPS) is 10.4. The first-order valence-corrected chi connectivity index (χ1v) is 7.96. The summed E-state index contributed by atoms with van der Waals surface area (Å²) in [4.78, 5) is 23.7. The fourth-order valence-corrected chi connectivity index (χ4v) is 2.29. The molecular formula is C20H21NO5. The lowest BCUT2D eigenvalue weighted by Crippen LogP contribution is -2.20. The van der Waals surface area contributed by atoms with Crippen molar-refractivity contribution in [1.29, 1.82) is 0 Å². The number of para-hydroxylation sites is 2. The maximum atomic E-state index is 11.9. The van der Waals surface area contributed by atoms with E-state index >= 15 is 0 Å². The minimum absolute atomic E-state index is 0.368. The Kier molecular flexibility index (Phi) is 6.79. The zero-order valence-corrected chi connectivity index (χ0v) is 14.9. The smallest absolute Gasteiger partial charge is 0.331 e. The molecule has 6 nitrogen and oxygen atoms in total. The van der Waals surface area contributed by atoms with Crippen molar-refractivity contribution in [2.24, 2.45) is 0 Å². The highest BCUT2D eigenvalue weighted by molar-refractivity contribution is 5.95. The van der Waals surface area contributed by atoms with Crippen LogP contribution in [0, 0.1) is 6.92 Å². The van der Waals surface area contributed by atoms with E-state index in [4.69, 9.17) is 14.2 Å². The van der Waals surface area contributed by atoms with Crippen LogP contribution >= 0.6 is 0 Å². The predicted molar refractivity (Wildman–Crippen MR) is 99.3 cm³/mol. The molecule has 2 rings (SSSR count). The second-order valence-electron chi connectivity index (χ2n) is 5.39. The van der Waals surface area contributed by atoms with Crippen LogP contribution in [0.4, 0.5) is 5.69 Å². The van der Waals surface area contributed by atoms with E-state index in [1.165, 1.54) is 20.3 Å². The molecule has 1 N–H and O–H groups in total. The Hall–Kier alpha value is -3.28. The first-order chi connectivity index (χ1) is 12.5. The van der Waals surface area contributed by atoms with E-state index in [1.54, 1.807) is 30.3 Å². The number of carbonyl (C=O) groups excluding carboxylic acids is 2. The molecule has 0 radical (unpaired) electrons. The van der Waals surface area contributed by atoms with Gasteiger partial charge < -0.3 is 19.5 Å². The van der Waals surface area contributed by atoms with Gasteiger partial charge in [0.15, 0.2) is 18.1 Å². The molecule has 0 fully saturated rings. The van der Waals surface area contributed by atoms with Crippen LogP contribution in [0.15, 0.2) is 48.5 Å². The van der Waals surface area contributed by atoms with Gasteiger partial charge in [-0.25, -0.2) is 4.79 Å². The highest BCUT2D eigenvalue weighted by Gasteiger charge is 2.09. The number of carbonyl (C=O) groups is 2. The third kappa shape index (κ3) is 5.11. The van der Waals surface area contributed by atoms with Gasteiger partial charge in [0.05, 0.1) is 14.2 Å². The molecule has 2 aromatic carbocycles. The molecule has 0 bridgehead atoms. The van der Waals surface area contributed by atoms with E-state index < -0.39 is 11.9 Å². The Morgan fingerprint density at radius 3 is 2.50 bits per heavy atom. The molecular weight excluding hydrogens is 334 g/mol. The summed E-state index contributed by atoms with van der Waals surface area (Å²) < 4.78 is 15.4. The summed E-state index contributed by atoms with van der Waals surface area (Å²) in [5.74, 6) is 0.0341. The van der Waals surface area contributed by atoms with Crippen molar-refractivity contribution in [3.63, 3.8) is 0 Å². The molecule has 26 heavy (non-hydrogen) atoms. The van der Waals surface area contributed by atoms with Gasteiger partial charge in [0.25, 0.3) is 5.91 Å². The molecule has 136 valence electrons. The van der Waals surface area contributed by atoms with Crippen LogP contribution in [0.5, 0.6) is 11.5 Å². The number of anilines is 1. The van der Waals surface area contributed by atoms with E-state index in [9.17, 15) is 9.59 Å². The van der Waals surface area contributed by atoms with Crippen molar-refractivity contribution in [2.75, 3.05) is 26.1 Å². The first-order valence-electron chi connectivity index (χ1n) is 7.96. The number of ether oxygens (including phenoxy) is 3. The third-order valence-electron chi connectivity index (χ3n) is 3.60. The quantitative estimate of drug-likeness (QED) is 0.610. The van der Waals surface area contributed by atoms with Crippen LogP contribution in [0.3, 0.4) is 0 Å². The summed E-state index contributed by atoms with van der Waals surface area (Å²) in [5.41, 5.74) is 2.27. The van der Waals surface area contributed by atoms with E-state index in [0.29, 0.717) is 22.7 Å². The number of hydrogen-bond acceptors (Lipinski definition) is 5. The zero-order valence-electron chi connectivity index (χ0n) is 14.9. The number of rotatable bonds is 7. The number of esters is 1. The van der Waals surface area contributed by atoms with Gasteiger partial charge >= 0.3 is 5.97 Å². The van der Waals surface area contributed by atoms with Gasteiger partial charge in [-0.05, 0) is 30.7 Å². The lowest BCUT2D eigenvalue weighted by Gasteiger charge is -2.10. The average Bonchev–Trinajstić information content (AvgIpc) is 2.66. The maximum Gasteiger partial charge on any atom is 0.331 e. The summed E-state index contributed by atoms with van der Waals surface area (Å²) in [6.45, 7) is 1.51. The number of aryl methyl sites for hydroxylation is 1. The molecule has 0 aliphatic carbocycles. The van der Waals surface area contributed by atoms with E-state index in [1.807, 2.05) is 25.1 Å². The van der Waals surface area contributed by atoms with Crippen LogP contribution in [0.2, 0.25) is 0 Å². The van der Waals surface area contributed by atoms with Crippen molar-refractivity contribution in [2.45, 2.75) is 6.92 Å². The lowest BCUT2D eigenvalue weighted by molar-refractivity contribution is -0.142. The molecule has 0 aliphatic heterocycles. The van der Waals surface area contributed by atoms with Gasteiger partial charge in [0.2, 0.25) is 0 Å². The molecule has 0 aromatic heterocycles. The molecule has 1 amide bonds. The Balaban J connectivity index is 1.92. The van der Waals surface area contributed by atoms with Crippen molar-refractivity contribution in [3.05, 3.63) is 59.7 Å². The molecule has 2 aromatic rings. The molecule has 0 unspecified atom stereocenters. The van der Waals surface area contributed by atoms with E-state index in [2.05, 4.69) is 5.32 Å². The summed E-state index contributed by atoms with van der Waals surface area (Å²) in [7, 11) is 3.05. The monoisotopic (exact) mass is 355 g/mol. The van der Waals surface area contributed by atoms with Gasteiger partial charge in [-0.1, -0.05) is 30.3 Å². The number of hydrogen-bond donors (Lipinski definition) is 1. The predicted octanol–water partition coefficient (Wildman–Crippen LogP) is 3.21. The molecule has 6 heteroatoms. The zero-order chi connectivity index (χ0) is 18.9. The van der Waals surface area contributed by atoms with Gasteiger partial charge in [0, 0.05) is 17.3 Å². The third-order valence-corrected chi connectivity index (χ3v) is 3.60.